The summed E-state index contributed by atoms with van der Waals surface area (Å²) in [6, 6.07) is 2.05. The molecule has 4 heteroatoms. The van der Waals surface area contributed by atoms with E-state index in [0.717, 1.165) is 22.1 Å². The van der Waals surface area contributed by atoms with Gasteiger partial charge < -0.3 is 4.57 Å². The number of hydrogen-bond donors (Lipinski definition) is 0. The first-order valence-electron chi connectivity index (χ1n) is 4.79. The van der Waals surface area contributed by atoms with Crippen LogP contribution in [0.5, 0.6) is 0 Å². The third-order valence-electron chi connectivity index (χ3n) is 2.61. The van der Waals surface area contributed by atoms with Gasteiger partial charge in [0.1, 0.15) is 11.0 Å². The number of nitrogens with zero attached hydrogens (tertiary/aromatic N) is 4. The standard InChI is InChI=1S/C11H10N4/c1-7-5-8-9(13-4-3-12-8)10-11(7)15(2)6-14-10/h3-6H,1-2H3. The third kappa shape index (κ3) is 1.05. The van der Waals surface area contributed by atoms with Crippen molar-refractivity contribution in [1.82, 2.24) is 19.5 Å². The maximum Gasteiger partial charge on any atom is 0.117 e. The van der Waals surface area contributed by atoms with Crippen LogP contribution in [0.2, 0.25) is 0 Å². The molecule has 0 aliphatic carbocycles. The first kappa shape index (κ1) is 8.35. The van der Waals surface area contributed by atoms with E-state index in [9.17, 15) is 0 Å². The van der Waals surface area contributed by atoms with Gasteiger partial charge in [-0.05, 0) is 18.6 Å². The minimum absolute atomic E-state index is 0.874. The Morgan fingerprint density at radius 2 is 1.87 bits per heavy atom. The van der Waals surface area contributed by atoms with Gasteiger partial charge >= 0.3 is 0 Å². The maximum absolute atomic E-state index is 4.37. The summed E-state index contributed by atoms with van der Waals surface area (Å²) in [6.07, 6.45) is 5.22. The van der Waals surface area contributed by atoms with Gasteiger partial charge in [0.05, 0.1) is 17.4 Å². The van der Waals surface area contributed by atoms with Crippen LogP contribution in [0.1, 0.15) is 5.56 Å². The second kappa shape index (κ2) is 2.76. The van der Waals surface area contributed by atoms with Crippen molar-refractivity contribution >= 4 is 22.1 Å². The molecule has 2 aromatic heterocycles. The largest absolute Gasteiger partial charge is 0.333 e. The van der Waals surface area contributed by atoms with Crippen molar-refractivity contribution in [3.63, 3.8) is 0 Å². The zero-order valence-corrected chi connectivity index (χ0v) is 8.60. The van der Waals surface area contributed by atoms with E-state index in [0.29, 0.717) is 0 Å². The molecule has 74 valence electrons. The molecule has 2 heterocycles. The Kier molecular flexibility index (Phi) is 1.54. The molecule has 0 saturated heterocycles. The highest BCUT2D eigenvalue weighted by Crippen LogP contribution is 2.23. The summed E-state index contributed by atoms with van der Waals surface area (Å²) in [5, 5.41) is 0. The first-order valence-corrected chi connectivity index (χ1v) is 4.79. The molecular weight excluding hydrogens is 188 g/mol. The molecule has 3 rings (SSSR count). The molecule has 0 aliphatic rings. The number of aromatic nitrogens is 4. The van der Waals surface area contributed by atoms with E-state index in [1.54, 1.807) is 12.4 Å². The van der Waals surface area contributed by atoms with E-state index in [2.05, 4.69) is 21.9 Å². The van der Waals surface area contributed by atoms with Gasteiger partial charge in [0, 0.05) is 19.4 Å². The van der Waals surface area contributed by atoms with E-state index >= 15 is 0 Å². The lowest BCUT2D eigenvalue weighted by Crippen LogP contribution is -1.90. The maximum atomic E-state index is 4.37. The molecule has 0 aliphatic heterocycles. The highest BCUT2D eigenvalue weighted by Gasteiger charge is 2.09. The molecule has 3 aromatic rings. The summed E-state index contributed by atoms with van der Waals surface area (Å²) in [7, 11) is 1.99. The highest BCUT2D eigenvalue weighted by atomic mass is 15.0. The topological polar surface area (TPSA) is 43.6 Å². The van der Waals surface area contributed by atoms with Crippen molar-refractivity contribution in [2.75, 3.05) is 0 Å². The molecule has 0 N–H and O–H groups in total. The Hall–Kier alpha value is -1.97. The number of fused-ring (bicyclic) bond motifs is 3. The van der Waals surface area contributed by atoms with Gasteiger partial charge in [-0.3, -0.25) is 9.97 Å². The van der Waals surface area contributed by atoms with Crippen molar-refractivity contribution < 1.29 is 0 Å². The van der Waals surface area contributed by atoms with Gasteiger partial charge in [0.15, 0.2) is 0 Å². The lowest BCUT2D eigenvalue weighted by Gasteiger charge is -2.02. The summed E-state index contributed by atoms with van der Waals surface area (Å²) >= 11 is 0. The zero-order chi connectivity index (χ0) is 10.4. The van der Waals surface area contributed by atoms with Crippen LogP contribution >= 0.6 is 0 Å². The lowest BCUT2D eigenvalue weighted by molar-refractivity contribution is 0.944. The summed E-state index contributed by atoms with van der Waals surface area (Å²) in [5.74, 6) is 0. The van der Waals surface area contributed by atoms with Crippen LogP contribution in [-0.4, -0.2) is 19.5 Å². The van der Waals surface area contributed by atoms with Crippen LogP contribution in [0.4, 0.5) is 0 Å². The Morgan fingerprint density at radius 3 is 2.73 bits per heavy atom. The van der Waals surface area contributed by atoms with E-state index in [1.807, 2.05) is 24.0 Å². The van der Waals surface area contributed by atoms with E-state index < -0.39 is 0 Å². The third-order valence-corrected chi connectivity index (χ3v) is 2.61. The van der Waals surface area contributed by atoms with Crippen LogP contribution in [0.15, 0.2) is 24.8 Å². The summed E-state index contributed by atoms with van der Waals surface area (Å²) in [5.41, 5.74) is 5.02. The van der Waals surface area contributed by atoms with E-state index in [1.165, 1.54) is 5.56 Å². The fourth-order valence-electron chi connectivity index (χ4n) is 1.98. The monoisotopic (exact) mass is 198 g/mol. The van der Waals surface area contributed by atoms with Crippen molar-refractivity contribution in [1.29, 1.82) is 0 Å². The van der Waals surface area contributed by atoms with Gasteiger partial charge in [0.25, 0.3) is 0 Å². The van der Waals surface area contributed by atoms with Crippen LogP contribution in [0.3, 0.4) is 0 Å². The molecule has 0 bridgehead atoms. The molecule has 0 fully saturated rings. The van der Waals surface area contributed by atoms with Gasteiger partial charge in [-0.15, -0.1) is 0 Å². The SMILES string of the molecule is Cc1cc2nccnc2c2ncn(C)c12. The quantitative estimate of drug-likeness (QED) is 0.553. The van der Waals surface area contributed by atoms with Gasteiger partial charge in [-0.1, -0.05) is 0 Å². The number of aryl methyl sites for hydroxylation is 2. The smallest absolute Gasteiger partial charge is 0.117 e. The van der Waals surface area contributed by atoms with Crippen LogP contribution < -0.4 is 0 Å². The second-order valence-electron chi connectivity index (χ2n) is 3.67. The molecule has 0 amide bonds. The Labute approximate surface area is 86.6 Å². The summed E-state index contributed by atoms with van der Waals surface area (Å²) in [4.78, 5) is 13.0. The van der Waals surface area contributed by atoms with Crippen LogP contribution in [0.25, 0.3) is 22.1 Å². The number of rotatable bonds is 0. The van der Waals surface area contributed by atoms with Crippen molar-refractivity contribution in [2.45, 2.75) is 6.92 Å². The molecule has 15 heavy (non-hydrogen) atoms. The van der Waals surface area contributed by atoms with Crippen LogP contribution in [-0.2, 0) is 7.05 Å². The molecular formula is C11H10N4. The molecule has 4 nitrogen and oxygen atoms in total. The Morgan fingerprint density at radius 1 is 1.07 bits per heavy atom. The minimum atomic E-state index is 0.874. The zero-order valence-electron chi connectivity index (χ0n) is 8.60. The summed E-state index contributed by atoms with van der Waals surface area (Å²) in [6.45, 7) is 2.07. The van der Waals surface area contributed by atoms with E-state index in [4.69, 9.17) is 0 Å². The lowest BCUT2D eigenvalue weighted by atomic mass is 10.1. The number of benzene rings is 1. The molecule has 0 unspecified atom stereocenters. The molecule has 0 saturated carbocycles. The van der Waals surface area contributed by atoms with Crippen molar-refractivity contribution in [3.8, 4) is 0 Å². The van der Waals surface area contributed by atoms with Crippen LogP contribution in [0, 0.1) is 6.92 Å². The molecule has 1 aromatic carbocycles. The predicted octanol–water partition coefficient (Wildman–Crippen LogP) is 1.82. The normalized spacial score (nSPS) is 11.3. The second-order valence-corrected chi connectivity index (χ2v) is 3.67. The van der Waals surface area contributed by atoms with Crippen molar-refractivity contribution in [2.24, 2.45) is 7.05 Å². The molecule has 0 radical (unpaired) electrons. The molecule has 0 atom stereocenters. The van der Waals surface area contributed by atoms with Crippen molar-refractivity contribution in [3.05, 3.63) is 30.4 Å². The molecule has 0 spiro atoms. The Bertz CT molecular complexity index is 654. The van der Waals surface area contributed by atoms with Gasteiger partial charge in [-0.2, -0.15) is 0 Å². The van der Waals surface area contributed by atoms with E-state index in [-0.39, 0.29) is 0 Å². The predicted molar refractivity (Wildman–Crippen MR) is 58.5 cm³/mol. The fraction of sp³-hybridized carbons (Fsp3) is 0.182. The highest BCUT2D eigenvalue weighted by molar-refractivity contribution is 6.01. The first-order chi connectivity index (χ1) is 7.27. The minimum Gasteiger partial charge on any atom is -0.333 e. The number of hydrogen-bond acceptors (Lipinski definition) is 3. The van der Waals surface area contributed by atoms with Gasteiger partial charge in [0.2, 0.25) is 0 Å². The Balaban J connectivity index is 2.65. The number of imidazole rings is 1. The fourth-order valence-corrected chi connectivity index (χ4v) is 1.98. The average Bonchev–Trinajstić information content (AvgIpc) is 2.62. The summed E-state index contributed by atoms with van der Waals surface area (Å²) < 4.78 is 2.01. The van der Waals surface area contributed by atoms with Gasteiger partial charge in [-0.25, -0.2) is 4.98 Å². The average molecular weight is 198 g/mol.